The zero-order valence-corrected chi connectivity index (χ0v) is 9.19. The van der Waals surface area contributed by atoms with E-state index in [0.29, 0.717) is 5.75 Å². The molecule has 1 aromatic rings. The lowest BCUT2D eigenvalue weighted by Crippen LogP contribution is -2.34. The molecule has 17 heavy (non-hydrogen) atoms. The number of ether oxygens (including phenoxy) is 1. The molecule has 0 amide bonds. The van der Waals surface area contributed by atoms with Gasteiger partial charge in [0, 0.05) is 0 Å². The van der Waals surface area contributed by atoms with Crippen LogP contribution in [0.2, 0.25) is 0 Å². The summed E-state index contributed by atoms with van der Waals surface area (Å²) in [5.41, 5.74) is -0.545. The van der Waals surface area contributed by atoms with Gasteiger partial charge in [-0.05, 0) is 38.1 Å². The van der Waals surface area contributed by atoms with E-state index in [4.69, 9.17) is 4.74 Å². The predicted molar refractivity (Wildman–Crippen MR) is 59.6 cm³/mol. The van der Waals surface area contributed by atoms with Crippen LogP contribution in [0.25, 0.3) is 0 Å². The molecule has 1 aromatic carbocycles. The van der Waals surface area contributed by atoms with Crippen molar-refractivity contribution in [1.82, 2.24) is 5.32 Å². The second-order valence-electron chi connectivity index (χ2n) is 3.94. The zero-order chi connectivity index (χ0) is 12.3. The second kappa shape index (κ2) is 5.09. The molecule has 0 spiro atoms. The van der Waals surface area contributed by atoms with Crippen molar-refractivity contribution in [3.63, 3.8) is 0 Å². The molecule has 6 heteroatoms. The Bertz CT molecular complexity index is 419. The fourth-order valence-corrected chi connectivity index (χ4v) is 1.81. The Morgan fingerprint density at radius 3 is 2.76 bits per heavy atom. The molecule has 2 rings (SSSR count). The fourth-order valence-electron chi connectivity index (χ4n) is 1.81. The van der Waals surface area contributed by atoms with Crippen LogP contribution in [0.5, 0.6) is 5.75 Å². The first-order chi connectivity index (χ1) is 8.16. The standard InChI is InChI=1S/C11H13FN2O3/c12-10-2-1-9(7-11(10)14(15)16)17-8-3-5-13-6-4-8/h1-2,7-8,13H,3-6H2. The number of benzene rings is 1. The highest BCUT2D eigenvalue weighted by Crippen LogP contribution is 2.25. The molecule has 0 unspecified atom stereocenters. The highest BCUT2D eigenvalue weighted by molar-refractivity contribution is 5.39. The van der Waals surface area contributed by atoms with E-state index in [9.17, 15) is 14.5 Å². The maximum Gasteiger partial charge on any atom is 0.308 e. The van der Waals surface area contributed by atoms with Crippen LogP contribution in [-0.2, 0) is 0 Å². The number of nitro groups is 1. The summed E-state index contributed by atoms with van der Waals surface area (Å²) >= 11 is 0. The molecular formula is C11H13FN2O3. The highest BCUT2D eigenvalue weighted by atomic mass is 19.1. The minimum absolute atomic E-state index is 0.0429. The Balaban J connectivity index is 2.10. The smallest absolute Gasteiger partial charge is 0.308 e. The number of hydrogen-bond donors (Lipinski definition) is 1. The van der Waals surface area contributed by atoms with E-state index in [0.717, 1.165) is 38.1 Å². The van der Waals surface area contributed by atoms with Crippen molar-refractivity contribution < 1.29 is 14.1 Å². The van der Waals surface area contributed by atoms with E-state index < -0.39 is 16.4 Å². The lowest BCUT2D eigenvalue weighted by Gasteiger charge is -2.23. The molecule has 1 saturated heterocycles. The largest absolute Gasteiger partial charge is 0.490 e. The molecular weight excluding hydrogens is 227 g/mol. The zero-order valence-electron chi connectivity index (χ0n) is 9.19. The number of halogens is 1. The number of hydrogen-bond acceptors (Lipinski definition) is 4. The van der Waals surface area contributed by atoms with Gasteiger partial charge in [0.25, 0.3) is 0 Å². The first kappa shape index (κ1) is 11.8. The molecule has 5 nitrogen and oxygen atoms in total. The molecule has 1 aliphatic heterocycles. The summed E-state index contributed by atoms with van der Waals surface area (Å²) in [6.45, 7) is 1.74. The van der Waals surface area contributed by atoms with Crippen molar-refractivity contribution in [2.24, 2.45) is 0 Å². The summed E-state index contributed by atoms with van der Waals surface area (Å²) in [7, 11) is 0. The van der Waals surface area contributed by atoms with E-state index in [-0.39, 0.29) is 6.10 Å². The van der Waals surface area contributed by atoms with Crippen LogP contribution in [-0.4, -0.2) is 24.1 Å². The van der Waals surface area contributed by atoms with Gasteiger partial charge < -0.3 is 10.1 Å². The van der Waals surface area contributed by atoms with Crippen LogP contribution >= 0.6 is 0 Å². The predicted octanol–water partition coefficient (Wildman–Crippen LogP) is 1.86. The van der Waals surface area contributed by atoms with Gasteiger partial charge in [-0.25, -0.2) is 0 Å². The molecule has 1 aliphatic rings. The van der Waals surface area contributed by atoms with Crippen LogP contribution in [0, 0.1) is 15.9 Å². The average molecular weight is 240 g/mol. The van der Waals surface area contributed by atoms with Gasteiger partial charge >= 0.3 is 5.69 Å². The molecule has 0 radical (unpaired) electrons. The van der Waals surface area contributed by atoms with E-state index in [1.54, 1.807) is 0 Å². The molecule has 0 saturated carbocycles. The monoisotopic (exact) mass is 240 g/mol. The topological polar surface area (TPSA) is 64.4 Å². The van der Waals surface area contributed by atoms with Crippen molar-refractivity contribution >= 4 is 5.69 Å². The van der Waals surface area contributed by atoms with Crippen LogP contribution in [0.15, 0.2) is 18.2 Å². The van der Waals surface area contributed by atoms with Gasteiger partial charge in [-0.3, -0.25) is 10.1 Å². The van der Waals surface area contributed by atoms with E-state index in [1.807, 2.05) is 0 Å². The van der Waals surface area contributed by atoms with Crippen LogP contribution in [0.1, 0.15) is 12.8 Å². The molecule has 0 atom stereocenters. The summed E-state index contributed by atoms with van der Waals surface area (Å²) in [4.78, 5) is 9.82. The van der Waals surface area contributed by atoms with Crippen LogP contribution in [0.3, 0.4) is 0 Å². The number of nitro benzene ring substituents is 1. The number of rotatable bonds is 3. The third-order valence-corrected chi connectivity index (χ3v) is 2.70. The lowest BCUT2D eigenvalue weighted by molar-refractivity contribution is -0.387. The van der Waals surface area contributed by atoms with Crippen molar-refractivity contribution in [1.29, 1.82) is 0 Å². The molecule has 0 aliphatic carbocycles. The SMILES string of the molecule is O=[N+]([O-])c1cc(OC2CCNCC2)ccc1F. The fraction of sp³-hybridized carbons (Fsp3) is 0.455. The summed E-state index contributed by atoms with van der Waals surface area (Å²) in [6.07, 6.45) is 1.75. The van der Waals surface area contributed by atoms with Gasteiger partial charge in [0.05, 0.1) is 11.0 Å². The maximum atomic E-state index is 13.1. The first-order valence-electron chi connectivity index (χ1n) is 5.48. The number of nitrogens with zero attached hydrogens (tertiary/aromatic N) is 1. The van der Waals surface area contributed by atoms with E-state index in [2.05, 4.69) is 5.32 Å². The first-order valence-corrected chi connectivity index (χ1v) is 5.48. The summed E-state index contributed by atoms with van der Waals surface area (Å²) in [6, 6.07) is 3.62. The highest BCUT2D eigenvalue weighted by Gasteiger charge is 2.18. The van der Waals surface area contributed by atoms with E-state index >= 15 is 0 Å². The number of piperidine rings is 1. The second-order valence-corrected chi connectivity index (χ2v) is 3.94. The van der Waals surface area contributed by atoms with Crippen molar-refractivity contribution in [2.45, 2.75) is 18.9 Å². The summed E-state index contributed by atoms with van der Waals surface area (Å²) in [5, 5.41) is 13.8. The van der Waals surface area contributed by atoms with Crippen molar-refractivity contribution in [3.05, 3.63) is 34.1 Å². The van der Waals surface area contributed by atoms with Gasteiger partial charge in [0.2, 0.25) is 5.82 Å². The number of nitrogens with one attached hydrogen (secondary N) is 1. The Kier molecular flexibility index (Phi) is 3.53. The van der Waals surface area contributed by atoms with E-state index in [1.165, 1.54) is 6.07 Å². The van der Waals surface area contributed by atoms with Crippen molar-refractivity contribution in [3.8, 4) is 5.75 Å². The Labute approximate surface area is 97.7 Å². The Morgan fingerprint density at radius 2 is 2.12 bits per heavy atom. The maximum absolute atomic E-state index is 13.1. The Morgan fingerprint density at radius 1 is 1.41 bits per heavy atom. The minimum Gasteiger partial charge on any atom is -0.490 e. The van der Waals surface area contributed by atoms with Crippen LogP contribution in [0.4, 0.5) is 10.1 Å². The summed E-state index contributed by atoms with van der Waals surface area (Å²) < 4.78 is 18.7. The molecule has 92 valence electrons. The molecule has 1 fully saturated rings. The summed E-state index contributed by atoms with van der Waals surface area (Å²) in [5.74, 6) is -0.488. The minimum atomic E-state index is -0.840. The van der Waals surface area contributed by atoms with Gasteiger partial charge in [-0.15, -0.1) is 0 Å². The third-order valence-electron chi connectivity index (χ3n) is 2.70. The van der Waals surface area contributed by atoms with Crippen LogP contribution < -0.4 is 10.1 Å². The average Bonchev–Trinajstić information content (AvgIpc) is 2.32. The third kappa shape index (κ3) is 2.91. The molecule has 0 aromatic heterocycles. The van der Waals surface area contributed by atoms with Gasteiger partial charge in [0.15, 0.2) is 0 Å². The lowest BCUT2D eigenvalue weighted by atomic mass is 10.1. The van der Waals surface area contributed by atoms with Crippen molar-refractivity contribution in [2.75, 3.05) is 13.1 Å². The molecule has 1 heterocycles. The molecule has 0 bridgehead atoms. The Hall–Kier alpha value is -1.69. The molecule has 1 N–H and O–H groups in total. The van der Waals surface area contributed by atoms with Gasteiger partial charge in [-0.1, -0.05) is 0 Å². The van der Waals surface area contributed by atoms with Gasteiger partial charge in [-0.2, -0.15) is 4.39 Å². The van der Waals surface area contributed by atoms with Gasteiger partial charge in [0.1, 0.15) is 11.9 Å². The quantitative estimate of drug-likeness (QED) is 0.647. The normalized spacial score (nSPS) is 16.8.